The molecule has 0 aromatic heterocycles. The van der Waals surface area contributed by atoms with Gasteiger partial charge in [-0.15, -0.1) is 0 Å². The lowest BCUT2D eigenvalue weighted by Crippen LogP contribution is -2.46. The summed E-state index contributed by atoms with van der Waals surface area (Å²) in [5.74, 6) is 1.91. The molecule has 52 heavy (non-hydrogen) atoms. The number of methoxy groups -OCH3 is 1. The summed E-state index contributed by atoms with van der Waals surface area (Å²) in [5.41, 5.74) is 7.42. The van der Waals surface area contributed by atoms with E-state index in [0.29, 0.717) is 62.5 Å². The van der Waals surface area contributed by atoms with Crippen LogP contribution in [-0.4, -0.2) is 68.1 Å². The number of aryl methyl sites for hydroxylation is 1. The normalized spacial score (nSPS) is 30.5. The molecular weight excluding hydrogens is 681 g/mol. The molecule has 4 aliphatic rings. The first-order valence-corrected chi connectivity index (χ1v) is 21.1. The van der Waals surface area contributed by atoms with Gasteiger partial charge in [-0.25, -0.2) is 4.57 Å². The van der Waals surface area contributed by atoms with E-state index in [-0.39, 0.29) is 41.4 Å². The van der Waals surface area contributed by atoms with Crippen molar-refractivity contribution < 1.29 is 37.2 Å². The zero-order valence-electron chi connectivity index (χ0n) is 33.0. The number of hydrogen-bond donors (Lipinski definition) is 3. The molecule has 294 valence electrons. The van der Waals surface area contributed by atoms with Gasteiger partial charge in [-0.3, -0.25) is 18.6 Å². The quantitative estimate of drug-likeness (QED) is 0.133. The lowest BCUT2D eigenvalue weighted by molar-refractivity contribution is -0.131. The topological polar surface area (TPSA) is 147 Å². The van der Waals surface area contributed by atoms with E-state index >= 15 is 0 Å². The Kier molecular flexibility index (Phi) is 13.3. The van der Waals surface area contributed by atoms with Gasteiger partial charge in [-0.1, -0.05) is 13.0 Å². The van der Waals surface area contributed by atoms with E-state index in [1.54, 1.807) is 7.11 Å². The molecule has 0 saturated heterocycles. The fraction of sp³-hybridized carbons (Fsp3) is 0.800. The van der Waals surface area contributed by atoms with Crippen molar-refractivity contribution in [1.29, 1.82) is 0 Å². The molecule has 0 bridgehead atoms. The number of benzene rings is 1. The molecule has 2 amide bonds. The first-order chi connectivity index (χ1) is 24.4. The molecule has 0 spiro atoms. The Morgan fingerprint density at radius 3 is 2.37 bits per heavy atom. The number of fused-ring (bicyclic) bond motifs is 5. The summed E-state index contributed by atoms with van der Waals surface area (Å²) in [4.78, 5) is 25.3. The third-order valence-corrected chi connectivity index (χ3v) is 13.7. The number of amides is 2. The van der Waals surface area contributed by atoms with Crippen molar-refractivity contribution in [3.8, 4) is 5.75 Å². The molecule has 1 aromatic rings. The SMILES string of the molecule is COC1CCC(N)CC1C(=O)NCCCNC(=O)CCOC1CCC2C3CCc4cc(OP(=O)(OC(C)(C)C)OC(C)(C)C)ccc4C3CCC12C. The van der Waals surface area contributed by atoms with E-state index in [1.165, 1.54) is 11.1 Å². The predicted molar refractivity (Wildman–Crippen MR) is 202 cm³/mol. The fourth-order valence-electron chi connectivity index (χ4n) is 9.47. The number of phosphoric ester groups is 1. The number of rotatable bonds is 14. The molecule has 5 rings (SSSR count). The van der Waals surface area contributed by atoms with Gasteiger partial charge < -0.3 is 30.4 Å². The highest BCUT2D eigenvalue weighted by Gasteiger charge is 2.55. The smallest absolute Gasteiger partial charge is 0.404 e. The Labute approximate surface area is 312 Å². The van der Waals surface area contributed by atoms with Crippen LogP contribution in [0.4, 0.5) is 0 Å². The number of ether oxygens (including phenoxy) is 2. The largest absolute Gasteiger partial charge is 0.531 e. The van der Waals surface area contributed by atoms with Crippen LogP contribution in [0.2, 0.25) is 0 Å². The molecule has 4 aliphatic carbocycles. The summed E-state index contributed by atoms with van der Waals surface area (Å²) in [6, 6.07) is 6.17. The van der Waals surface area contributed by atoms with Crippen molar-refractivity contribution in [2.45, 2.75) is 154 Å². The molecule has 8 atom stereocenters. The number of hydrogen-bond acceptors (Lipinski definition) is 9. The molecule has 0 heterocycles. The molecule has 4 N–H and O–H groups in total. The molecule has 1 aromatic carbocycles. The highest BCUT2D eigenvalue weighted by Crippen LogP contribution is 2.62. The van der Waals surface area contributed by atoms with Crippen LogP contribution in [0.15, 0.2) is 18.2 Å². The second-order valence-electron chi connectivity index (χ2n) is 17.9. The highest BCUT2D eigenvalue weighted by molar-refractivity contribution is 7.49. The number of nitrogens with one attached hydrogen (secondary N) is 2. The Balaban J connectivity index is 1.07. The minimum absolute atomic E-state index is 0.0161. The van der Waals surface area contributed by atoms with Crippen LogP contribution < -0.4 is 20.9 Å². The Morgan fingerprint density at radius 2 is 1.67 bits per heavy atom. The van der Waals surface area contributed by atoms with E-state index in [0.717, 1.165) is 51.4 Å². The van der Waals surface area contributed by atoms with Crippen LogP contribution in [0, 0.1) is 23.2 Å². The summed E-state index contributed by atoms with van der Waals surface area (Å²) in [6.07, 6.45) is 9.79. The first kappa shape index (κ1) is 41.2. The van der Waals surface area contributed by atoms with Crippen LogP contribution >= 0.6 is 7.82 Å². The van der Waals surface area contributed by atoms with Crippen molar-refractivity contribution in [1.82, 2.24) is 10.6 Å². The minimum atomic E-state index is -3.88. The number of nitrogens with two attached hydrogens (primary N) is 1. The second kappa shape index (κ2) is 16.8. The third kappa shape index (κ3) is 10.4. The molecule has 3 fully saturated rings. The van der Waals surface area contributed by atoms with Crippen LogP contribution in [-0.2, 0) is 39.1 Å². The summed E-state index contributed by atoms with van der Waals surface area (Å²) < 4.78 is 43.5. The molecule has 12 heteroatoms. The lowest BCUT2D eigenvalue weighted by Gasteiger charge is -2.50. The molecule has 3 saturated carbocycles. The van der Waals surface area contributed by atoms with E-state index in [4.69, 9.17) is 28.8 Å². The van der Waals surface area contributed by atoms with Crippen LogP contribution in [0.25, 0.3) is 0 Å². The highest BCUT2D eigenvalue weighted by atomic mass is 31.2. The number of carbonyl (C=O) groups excluding carboxylic acids is 2. The first-order valence-electron chi connectivity index (χ1n) is 19.7. The predicted octanol–water partition coefficient (Wildman–Crippen LogP) is 7.20. The van der Waals surface area contributed by atoms with Crippen molar-refractivity contribution in [3.63, 3.8) is 0 Å². The van der Waals surface area contributed by atoms with Gasteiger partial charge in [0.1, 0.15) is 5.75 Å². The van der Waals surface area contributed by atoms with Gasteiger partial charge in [-0.05, 0) is 152 Å². The van der Waals surface area contributed by atoms with E-state index in [9.17, 15) is 14.2 Å². The van der Waals surface area contributed by atoms with Crippen LogP contribution in [0.5, 0.6) is 5.75 Å². The van der Waals surface area contributed by atoms with E-state index in [1.807, 2.05) is 53.7 Å². The van der Waals surface area contributed by atoms with Crippen molar-refractivity contribution >= 4 is 19.6 Å². The molecule has 0 aliphatic heterocycles. The number of carbonyl (C=O) groups is 2. The Hall–Kier alpha value is -2.01. The monoisotopic (exact) mass is 747 g/mol. The maximum atomic E-state index is 13.8. The van der Waals surface area contributed by atoms with Crippen molar-refractivity contribution in [2.75, 3.05) is 26.8 Å². The van der Waals surface area contributed by atoms with E-state index in [2.05, 4.69) is 23.6 Å². The van der Waals surface area contributed by atoms with Gasteiger partial charge >= 0.3 is 7.82 Å². The van der Waals surface area contributed by atoms with Crippen LogP contribution in [0.1, 0.15) is 130 Å². The zero-order chi connectivity index (χ0) is 37.9. The third-order valence-electron chi connectivity index (χ3n) is 11.7. The van der Waals surface area contributed by atoms with Crippen LogP contribution in [0.3, 0.4) is 0 Å². The van der Waals surface area contributed by atoms with E-state index < -0.39 is 19.0 Å². The van der Waals surface area contributed by atoms with Gasteiger partial charge in [0.15, 0.2) is 0 Å². The Bertz CT molecular complexity index is 1420. The zero-order valence-corrected chi connectivity index (χ0v) is 33.9. The summed E-state index contributed by atoms with van der Waals surface area (Å²) in [6.45, 7) is 14.9. The molecule has 11 nitrogen and oxygen atoms in total. The van der Waals surface area contributed by atoms with Crippen molar-refractivity contribution in [2.24, 2.45) is 28.9 Å². The average Bonchev–Trinajstić information content (AvgIpc) is 3.38. The van der Waals surface area contributed by atoms with Gasteiger partial charge in [0.25, 0.3) is 0 Å². The maximum absolute atomic E-state index is 13.8. The summed E-state index contributed by atoms with van der Waals surface area (Å²) >= 11 is 0. The molecule has 0 radical (unpaired) electrons. The summed E-state index contributed by atoms with van der Waals surface area (Å²) in [7, 11) is -2.23. The Morgan fingerprint density at radius 1 is 0.962 bits per heavy atom. The minimum Gasteiger partial charge on any atom is -0.404 e. The molecule has 8 unspecified atom stereocenters. The van der Waals surface area contributed by atoms with Crippen molar-refractivity contribution in [3.05, 3.63) is 29.3 Å². The lowest BCUT2D eigenvalue weighted by atomic mass is 9.55. The number of phosphoric acid groups is 1. The van der Waals surface area contributed by atoms with Gasteiger partial charge in [-0.2, -0.15) is 0 Å². The van der Waals surface area contributed by atoms with Gasteiger partial charge in [0, 0.05) is 32.7 Å². The second-order valence-corrected chi connectivity index (χ2v) is 19.3. The fourth-order valence-corrected chi connectivity index (χ4v) is 11.3. The summed E-state index contributed by atoms with van der Waals surface area (Å²) in [5, 5.41) is 5.98. The van der Waals surface area contributed by atoms with Gasteiger partial charge in [0.05, 0.1) is 35.9 Å². The maximum Gasteiger partial charge on any atom is 0.531 e. The molecular formula is C40H66N3O8P. The van der Waals surface area contributed by atoms with Gasteiger partial charge in [0.2, 0.25) is 11.8 Å². The standard InChI is InChI=1S/C40H66N3O8P/c1-38(2,3)50-52(46,51-39(4,5)6)49-28-12-14-29-26(24-28)10-13-31-30(29)18-20-40(7)33(31)15-17-35(40)48-23-19-36(44)42-21-9-22-43-37(45)32-25-27(41)11-16-34(32)47-8/h12,14,24,27,30-35H,9-11,13,15-23,25,41H2,1-8H3,(H,42,44)(H,43,45). The average molecular weight is 748 g/mol.